The number of amidine groups is 1. The van der Waals surface area contributed by atoms with Gasteiger partial charge in [-0.1, -0.05) is 36.4 Å². The van der Waals surface area contributed by atoms with E-state index < -0.39 is 9.84 Å². The first-order valence-electron chi connectivity index (χ1n) is 6.77. The van der Waals surface area contributed by atoms with Crippen molar-refractivity contribution in [2.24, 2.45) is 4.99 Å². The number of aryl methyl sites for hydroxylation is 1. The van der Waals surface area contributed by atoms with Crippen molar-refractivity contribution in [3.05, 3.63) is 29.8 Å². The molecular weight excluding hydrogens is 292 g/mol. The number of sulfone groups is 1. The monoisotopic (exact) mass is 310 g/mol. The zero-order valence-electron chi connectivity index (χ0n) is 11.6. The third-order valence-electron chi connectivity index (χ3n) is 3.69. The molecular formula is C14H18N2O2S2. The van der Waals surface area contributed by atoms with Crippen LogP contribution >= 0.6 is 11.8 Å². The average molecular weight is 310 g/mol. The number of hydrogen-bond donors (Lipinski definition) is 0. The van der Waals surface area contributed by atoms with Gasteiger partial charge in [0.15, 0.2) is 15.0 Å². The van der Waals surface area contributed by atoms with E-state index in [4.69, 9.17) is 0 Å². The fraction of sp³-hybridized carbons (Fsp3) is 0.500. The predicted octanol–water partition coefficient (Wildman–Crippen LogP) is 2.09. The van der Waals surface area contributed by atoms with Gasteiger partial charge in [0.25, 0.3) is 0 Å². The summed E-state index contributed by atoms with van der Waals surface area (Å²) in [6.07, 6.45) is 0. The molecule has 108 valence electrons. The molecule has 6 heteroatoms. The minimum Gasteiger partial charge on any atom is -0.315 e. The van der Waals surface area contributed by atoms with Gasteiger partial charge in [-0.3, -0.25) is 4.99 Å². The van der Waals surface area contributed by atoms with Crippen LogP contribution in [0.1, 0.15) is 12.5 Å². The highest BCUT2D eigenvalue weighted by molar-refractivity contribution is 8.14. The molecule has 0 amide bonds. The first kappa shape index (κ1) is 13.9. The molecule has 0 aliphatic carbocycles. The lowest BCUT2D eigenvalue weighted by molar-refractivity contribution is 0.601. The predicted molar refractivity (Wildman–Crippen MR) is 85.5 cm³/mol. The highest BCUT2D eigenvalue weighted by Gasteiger charge is 2.46. The minimum atomic E-state index is -2.95. The van der Waals surface area contributed by atoms with Crippen molar-refractivity contribution < 1.29 is 8.42 Å². The summed E-state index contributed by atoms with van der Waals surface area (Å²) in [5, 5.41) is 0.959. The molecule has 0 aromatic heterocycles. The molecule has 0 radical (unpaired) electrons. The summed E-state index contributed by atoms with van der Waals surface area (Å²) in [4.78, 5) is 6.76. The molecule has 1 saturated heterocycles. The van der Waals surface area contributed by atoms with Crippen LogP contribution in [0.5, 0.6) is 0 Å². The van der Waals surface area contributed by atoms with E-state index in [9.17, 15) is 8.42 Å². The number of rotatable bonds is 2. The summed E-state index contributed by atoms with van der Waals surface area (Å²) < 4.78 is 23.7. The van der Waals surface area contributed by atoms with E-state index in [0.717, 1.165) is 16.6 Å². The first-order chi connectivity index (χ1) is 9.50. The Morgan fingerprint density at radius 2 is 2.00 bits per heavy atom. The molecule has 2 aliphatic rings. The van der Waals surface area contributed by atoms with Gasteiger partial charge >= 0.3 is 0 Å². The molecule has 20 heavy (non-hydrogen) atoms. The highest BCUT2D eigenvalue weighted by atomic mass is 32.2. The van der Waals surface area contributed by atoms with Gasteiger partial charge in [-0.15, -0.1) is 0 Å². The third kappa shape index (κ3) is 2.46. The van der Waals surface area contributed by atoms with Crippen molar-refractivity contribution in [1.29, 1.82) is 0 Å². The molecule has 0 bridgehead atoms. The summed E-state index contributed by atoms with van der Waals surface area (Å²) in [7, 11) is -2.95. The summed E-state index contributed by atoms with van der Waals surface area (Å²) in [5.74, 6) is 1.34. The number of fused-ring (bicyclic) bond motifs is 1. The SMILES string of the molecule is CCSC1=N[C@@H]2CS(=O)(=O)C[C@@H]2N1c1ccc(C)cc1. The Labute approximate surface area is 124 Å². The molecule has 2 aliphatic heterocycles. The quantitative estimate of drug-likeness (QED) is 0.839. The van der Waals surface area contributed by atoms with Crippen molar-refractivity contribution in [2.75, 3.05) is 22.2 Å². The summed E-state index contributed by atoms with van der Waals surface area (Å²) in [6.45, 7) is 4.14. The van der Waals surface area contributed by atoms with Gasteiger partial charge in [-0.2, -0.15) is 0 Å². The zero-order valence-corrected chi connectivity index (χ0v) is 13.2. The van der Waals surface area contributed by atoms with Crippen molar-refractivity contribution in [3.63, 3.8) is 0 Å². The van der Waals surface area contributed by atoms with Gasteiger partial charge in [0.1, 0.15) is 0 Å². The number of anilines is 1. The zero-order chi connectivity index (χ0) is 14.3. The van der Waals surface area contributed by atoms with E-state index in [-0.39, 0.29) is 23.6 Å². The van der Waals surface area contributed by atoms with Gasteiger partial charge in [0.05, 0.1) is 23.6 Å². The Hall–Kier alpha value is -1.01. The Balaban J connectivity index is 1.97. The Morgan fingerprint density at radius 1 is 1.30 bits per heavy atom. The van der Waals surface area contributed by atoms with Gasteiger partial charge in [-0.05, 0) is 24.8 Å². The smallest absolute Gasteiger partial charge is 0.164 e. The van der Waals surface area contributed by atoms with Crippen molar-refractivity contribution in [1.82, 2.24) is 0 Å². The molecule has 2 atom stereocenters. The van der Waals surface area contributed by atoms with Crippen LogP contribution in [0, 0.1) is 6.92 Å². The third-order valence-corrected chi connectivity index (χ3v) is 6.24. The van der Waals surface area contributed by atoms with Crippen LogP contribution in [0.3, 0.4) is 0 Å². The Morgan fingerprint density at radius 3 is 2.65 bits per heavy atom. The van der Waals surface area contributed by atoms with E-state index in [1.165, 1.54) is 5.56 Å². The van der Waals surface area contributed by atoms with Gasteiger partial charge in [-0.25, -0.2) is 8.42 Å². The number of thioether (sulfide) groups is 1. The maximum Gasteiger partial charge on any atom is 0.164 e. The molecule has 0 spiro atoms. The lowest BCUT2D eigenvalue weighted by Gasteiger charge is -2.26. The normalized spacial score (nSPS) is 27.5. The summed E-state index contributed by atoms with van der Waals surface area (Å²) >= 11 is 1.68. The van der Waals surface area contributed by atoms with Crippen LogP contribution in [0.2, 0.25) is 0 Å². The maximum atomic E-state index is 11.8. The number of nitrogens with zero attached hydrogens (tertiary/aromatic N) is 2. The van der Waals surface area contributed by atoms with Crippen molar-refractivity contribution >= 4 is 32.5 Å². The lowest BCUT2D eigenvalue weighted by Crippen LogP contribution is -2.39. The molecule has 3 rings (SSSR count). The number of hydrogen-bond acceptors (Lipinski definition) is 5. The van der Waals surface area contributed by atoms with Crippen LogP contribution in [-0.4, -0.2) is 42.9 Å². The van der Waals surface area contributed by atoms with Gasteiger partial charge in [0.2, 0.25) is 0 Å². The maximum absolute atomic E-state index is 11.8. The molecule has 2 heterocycles. The van der Waals surface area contributed by atoms with Crippen LogP contribution < -0.4 is 4.90 Å². The van der Waals surface area contributed by atoms with Crippen LogP contribution in [0.4, 0.5) is 5.69 Å². The largest absolute Gasteiger partial charge is 0.315 e. The van der Waals surface area contributed by atoms with E-state index >= 15 is 0 Å². The van der Waals surface area contributed by atoms with E-state index in [0.29, 0.717) is 0 Å². The summed E-state index contributed by atoms with van der Waals surface area (Å²) in [5.41, 5.74) is 2.24. The summed E-state index contributed by atoms with van der Waals surface area (Å²) in [6, 6.07) is 8.08. The molecule has 0 unspecified atom stereocenters. The van der Waals surface area contributed by atoms with Crippen molar-refractivity contribution in [2.45, 2.75) is 25.9 Å². The number of benzene rings is 1. The van der Waals surface area contributed by atoms with E-state index in [1.54, 1.807) is 11.8 Å². The standard InChI is InChI=1S/C14H18N2O2S2/c1-3-19-14-15-12-8-20(17,18)9-13(12)16(14)11-6-4-10(2)5-7-11/h4-7,12-13H,3,8-9H2,1-2H3/t12-,13+/m1/s1. The highest BCUT2D eigenvalue weighted by Crippen LogP contribution is 2.34. The van der Waals surface area contributed by atoms with E-state index in [2.05, 4.69) is 28.9 Å². The van der Waals surface area contributed by atoms with Crippen molar-refractivity contribution in [3.8, 4) is 0 Å². The van der Waals surface area contributed by atoms with Gasteiger partial charge < -0.3 is 4.90 Å². The lowest BCUT2D eigenvalue weighted by atomic mass is 10.1. The average Bonchev–Trinajstić information content (AvgIpc) is 2.82. The Kier molecular flexibility index (Phi) is 3.54. The van der Waals surface area contributed by atoms with E-state index in [1.807, 2.05) is 19.1 Å². The second kappa shape index (κ2) is 5.07. The molecule has 1 aromatic rings. The second-order valence-corrected chi connectivity index (χ2v) is 8.65. The molecule has 0 saturated carbocycles. The second-order valence-electron chi connectivity index (χ2n) is 5.26. The molecule has 4 nitrogen and oxygen atoms in total. The Bertz CT molecular complexity index is 638. The van der Waals surface area contributed by atoms with Gasteiger partial charge in [0, 0.05) is 5.69 Å². The fourth-order valence-corrected chi connectivity index (χ4v) is 5.46. The molecule has 1 fully saturated rings. The van der Waals surface area contributed by atoms with Crippen LogP contribution in [-0.2, 0) is 9.84 Å². The van der Waals surface area contributed by atoms with Crippen LogP contribution in [0.15, 0.2) is 29.3 Å². The van der Waals surface area contributed by atoms with Crippen LogP contribution in [0.25, 0.3) is 0 Å². The minimum absolute atomic E-state index is 0.0308. The number of aliphatic imine (C=N–C) groups is 1. The molecule has 1 aromatic carbocycles. The first-order valence-corrected chi connectivity index (χ1v) is 9.58. The molecule has 0 N–H and O–H groups in total. The topological polar surface area (TPSA) is 49.7 Å². The fourth-order valence-electron chi connectivity index (χ4n) is 2.77.